The Bertz CT molecular complexity index is 815. The molecule has 1 saturated heterocycles. The van der Waals surface area contributed by atoms with Gasteiger partial charge in [0, 0.05) is 38.9 Å². The van der Waals surface area contributed by atoms with Gasteiger partial charge < -0.3 is 10.1 Å². The molecule has 1 heterocycles. The molecule has 29 heavy (non-hydrogen) atoms. The molecule has 1 N–H and O–H groups in total. The lowest BCUT2D eigenvalue weighted by atomic mass is 9.94. The van der Waals surface area contributed by atoms with E-state index in [0.717, 1.165) is 19.4 Å². The van der Waals surface area contributed by atoms with Crippen LogP contribution in [0.4, 0.5) is 11.4 Å². The van der Waals surface area contributed by atoms with E-state index >= 15 is 0 Å². The van der Waals surface area contributed by atoms with E-state index in [4.69, 9.17) is 4.74 Å². The van der Waals surface area contributed by atoms with E-state index in [9.17, 15) is 18.5 Å². The lowest BCUT2D eigenvalue weighted by Crippen LogP contribution is -2.42. The van der Waals surface area contributed by atoms with Crippen LogP contribution in [0.3, 0.4) is 0 Å². The number of nitro groups is 1. The summed E-state index contributed by atoms with van der Waals surface area (Å²) in [5.74, 6) is 1.25. The topological polar surface area (TPSA) is 102 Å². The molecule has 1 aliphatic heterocycles. The smallest absolute Gasteiger partial charge is 0.293 e. The molecule has 2 aliphatic rings. The van der Waals surface area contributed by atoms with Crippen LogP contribution in [0.15, 0.2) is 23.1 Å². The summed E-state index contributed by atoms with van der Waals surface area (Å²) in [6, 6.07) is 4.12. The van der Waals surface area contributed by atoms with Crippen LogP contribution in [0.2, 0.25) is 0 Å². The summed E-state index contributed by atoms with van der Waals surface area (Å²) in [7, 11) is -3.75. The van der Waals surface area contributed by atoms with Gasteiger partial charge in [-0.3, -0.25) is 10.1 Å². The van der Waals surface area contributed by atoms with Gasteiger partial charge in [0.05, 0.1) is 9.82 Å². The lowest BCUT2D eigenvalue weighted by molar-refractivity contribution is -0.384. The maximum atomic E-state index is 13.0. The molecule has 8 nitrogen and oxygen atoms in total. The Labute approximate surface area is 172 Å². The van der Waals surface area contributed by atoms with Crippen molar-refractivity contribution in [3.63, 3.8) is 0 Å². The monoisotopic (exact) mass is 425 g/mol. The average Bonchev–Trinajstić information content (AvgIpc) is 3.48. The number of nitrogens with zero attached hydrogens (tertiary/aromatic N) is 2. The van der Waals surface area contributed by atoms with Crippen molar-refractivity contribution < 1.29 is 18.1 Å². The van der Waals surface area contributed by atoms with Gasteiger partial charge >= 0.3 is 0 Å². The number of anilines is 1. The fourth-order valence-corrected chi connectivity index (χ4v) is 5.56. The summed E-state index contributed by atoms with van der Waals surface area (Å²) in [5, 5.41) is 14.6. The summed E-state index contributed by atoms with van der Waals surface area (Å²) in [5.41, 5.74) is 0.111. The zero-order valence-electron chi connectivity index (χ0n) is 17.2. The first-order valence-electron chi connectivity index (χ1n) is 10.4. The number of hydrogen-bond donors (Lipinski definition) is 1. The van der Waals surface area contributed by atoms with Crippen molar-refractivity contribution in [3.8, 4) is 0 Å². The van der Waals surface area contributed by atoms with Gasteiger partial charge in [-0.25, -0.2) is 8.42 Å². The zero-order valence-corrected chi connectivity index (χ0v) is 18.0. The highest BCUT2D eigenvalue weighted by Crippen LogP contribution is 2.32. The first kappa shape index (κ1) is 22.0. The second-order valence-corrected chi connectivity index (χ2v) is 10.4. The van der Waals surface area contributed by atoms with Crippen LogP contribution in [-0.4, -0.2) is 50.5 Å². The van der Waals surface area contributed by atoms with Crippen molar-refractivity contribution in [2.45, 2.75) is 44.4 Å². The number of sulfonamides is 1. The molecule has 0 amide bonds. The van der Waals surface area contributed by atoms with E-state index in [1.54, 1.807) is 0 Å². The molecule has 0 unspecified atom stereocenters. The number of rotatable bonds is 10. The van der Waals surface area contributed by atoms with Crippen LogP contribution in [0.1, 0.15) is 39.5 Å². The maximum absolute atomic E-state index is 13.0. The third-order valence-corrected chi connectivity index (χ3v) is 7.30. The van der Waals surface area contributed by atoms with E-state index in [-0.39, 0.29) is 22.4 Å². The SMILES string of the molecule is C[C@@H]1C[C@H](C)CN(S(=O)(=O)c2ccc(NCCCOCC3CC3)c([N+](=O)[O-])c2)C1. The number of benzene rings is 1. The standard InChI is InChI=1S/C20H31N3O5S/c1-15-10-16(2)13-22(12-15)29(26,27)18-6-7-19(20(11-18)23(24)25)21-8-3-9-28-14-17-4-5-17/h6-7,11,15-17,21H,3-5,8-10,12-14H2,1-2H3/t15-,16+. The molecule has 3 rings (SSSR count). The Balaban J connectivity index is 1.65. The Hall–Kier alpha value is -1.71. The van der Waals surface area contributed by atoms with Gasteiger partial charge in [0.25, 0.3) is 5.69 Å². The van der Waals surface area contributed by atoms with Crippen molar-refractivity contribution in [1.29, 1.82) is 0 Å². The van der Waals surface area contributed by atoms with Gasteiger partial charge in [0.15, 0.2) is 0 Å². The summed E-state index contributed by atoms with van der Waals surface area (Å²) in [6.07, 6.45) is 4.21. The predicted octanol–water partition coefficient (Wildman–Crippen LogP) is 3.49. The van der Waals surface area contributed by atoms with Crippen molar-refractivity contribution in [3.05, 3.63) is 28.3 Å². The summed E-state index contributed by atoms with van der Waals surface area (Å²) < 4.78 is 33.1. The number of piperidine rings is 1. The van der Waals surface area contributed by atoms with Crippen molar-refractivity contribution >= 4 is 21.4 Å². The fraction of sp³-hybridized carbons (Fsp3) is 0.700. The molecule has 1 aromatic carbocycles. The Morgan fingerprint density at radius 3 is 2.55 bits per heavy atom. The van der Waals surface area contributed by atoms with Crippen LogP contribution in [0, 0.1) is 27.9 Å². The molecule has 0 aromatic heterocycles. The Morgan fingerprint density at radius 1 is 1.24 bits per heavy atom. The number of ether oxygens (including phenoxy) is 1. The Morgan fingerprint density at radius 2 is 1.93 bits per heavy atom. The average molecular weight is 426 g/mol. The molecule has 0 bridgehead atoms. The van der Waals surface area contributed by atoms with Gasteiger partial charge in [-0.2, -0.15) is 4.31 Å². The summed E-state index contributed by atoms with van der Waals surface area (Å²) in [6.45, 7) is 6.88. The normalized spacial score (nSPS) is 23.1. The minimum atomic E-state index is -3.75. The molecule has 2 fully saturated rings. The van der Waals surface area contributed by atoms with Crippen molar-refractivity contribution in [2.24, 2.45) is 17.8 Å². The maximum Gasteiger partial charge on any atom is 0.293 e. The summed E-state index contributed by atoms with van der Waals surface area (Å²) in [4.78, 5) is 11.0. The van der Waals surface area contributed by atoms with Crippen LogP contribution in [0.25, 0.3) is 0 Å². The lowest BCUT2D eigenvalue weighted by Gasteiger charge is -2.34. The van der Waals surface area contributed by atoms with Gasteiger partial charge in [0.1, 0.15) is 5.69 Å². The highest BCUT2D eigenvalue weighted by Gasteiger charge is 2.33. The molecule has 162 valence electrons. The van der Waals surface area contributed by atoms with E-state index in [1.807, 2.05) is 13.8 Å². The molecule has 1 aliphatic carbocycles. The third kappa shape index (κ3) is 5.90. The Kier molecular flexibility index (Phi) is 7.13. The van der Waals surface area contributed by atoms with E-state index in [1.165, 1.54) is 35.3 Å². The molecule has 0 spiro atoms. The van der Waals surface area contributed by atoms with Gasteiger partial charge in [0.2, 0.25) is 10.0 Å². The number of nitro benzene ring substituents is 1. The molecule has 1 aromatic rings. The molecule has 1 saturated carbocycles. The molecule has 2 atom stereocenters. The fourth-order valence-electron chi connectivity index (χ4n) is 3.86. The van der Waals surface area contributed by atoms with Crippen LogP contribution in [-0.2, 0) is 14.8 Å². The minimum Gasteiger partial charge on any atom is -0.381 e. The molecular weight excluding hydrogens is 394 g/mol. The molecule has 0 radical (unpaired) electrons. The highest BCUT2D eigenvalue weighted by atomic mass is 32.2. The van der Waals surface area contributed by atoms with Crippen LogP contribution < -0.4 is 5.32 Å². The second-order valence-electron chi connectivity index (χ2n) is 8.50. The largest absolute Gasteiger partial charge is 0.381 e. The highest BCUT2D eigenvalue weighted by molar-refractivity contribution is 7.89. The van der Waals surface area contributed by atoms with Gasteiger partial charge in [-0.05, 0) is 55.6 Å². The molecule has 9 heteroatoms. The van der Waals surface area contributed by atoms with E-state index < -0.39 is 14.9 Å². The predicted molar refractivity (Wildman–Crippen MR) is 111 cm³/mol. The van der Waals surface area contributed by atoms with Gasteiger partial charge in [-0.1, -0.05) is 13.8 Å². The van der Waals surface area contributed by atoms with E-state index in [0.29, 0.717) is 37.8 Å². The van der Waals surface area contributed by atoms with Crippen LogP contribution in [0.5, 0.6) is 0 Å². The number of nitrogens with one attached hydrogen (secondary N) is 1. The van der Waals surface area contributed by atoms with Crippen molar-refractivity contribution in [1.82, 2.24) is 4.31 Å². The summed E-state index contributed by atoms with van der Waals surface area (Å²) >= 11 is 0. The van der Waals surface area contributed by atoms with E-state index in [2.05, 4.69) is 5.32 Å². The van der Waals surface area contributed by atoms with Gasteiger partial charge in [-0.15, -0.1) is 0 Å². The first-order chi connectivity index (χ1) is 13.8. The third-order valence-electron chi connectivity index (χ3n) is 5.47. The second kappa shape index (κ2) is 9.40. The number of hydrogen-bond acceptors (Lipinski definition) is 6. The zero-order chi connectivity index (χ0) is 21.0. The molecular formula is C20H31N3O5S. The quantitative estimate of drug-likeness (QED) is 0.350. The van der Waals surface area contributed by atoms with Crippen LogP contribution >= 0.6 is 0 Å². The van der Waals surface area contributed by atoms with Crippen molar-refractivity contribution in [2.75, 3.05) is 38.2 Å². The minimum absolute atomic E-state index is 0.0242. The first-order valence-corrected chi connectivity index (χ1v) is 11.8.